The summed E-state index contributed by atoms with van der Waals surface area (Å²) in [7, 11) is 0. The lowest BCUT2D eigenvalue weighted by atomic mass is 10.2. The van der Waals surface area contributed by atoms with Crippen LogP contribution in [0.25, 0.3) is 11.0 Å². The standard InChI is InChI=1S/C14H16N2O2/c1-10-9-16(7-6-15-10)14(17)13-8-11-4-2-3-5-12(11)18-13/h2-5,8,10,15H,6-7,9H2,1H3/t10-/m1/s1. The Balaban J connectivity index is 1.87. The minimum atomic E-state index is -0.0143. The highest BCUT2D eigenvalue weighted by atomic mass is 16.3. The van der Waals surface area contributed by atoms with E-state index in [4.69, 9.17) is 4.42 Å². The number of hydrogen-bond donors (Lipinski definition) is 1. The second-order valence-corrected chi connectivity index (χ2v) is 4.75. The van der Waals surface area contributed by atoms with E-state index in [2.05, 4.69) is 12.2 Å². The summed E-state index contributed by atoms with van der Waals surface area (Å²) >= 11 is 0. The van der Waals surface area contributed by atoms with Gasteiger partial charge in [0.2, 0.25) is 0 Å². The highest BCUT2D eigenvalue weighted by molar-refractivity contribution is 5.96. The lowest BCUT2D eigenvalue weighted by Crippen LogP contribution is -2.51. The van der Waals surface area contributed by atoms with Crippen LogP contribution in [0.4, 0.5) is 0 Å². The number of para-hydroxylation sites is 1. The molecule has 1 aromatic carbocycles. The molecule has 1 aliphatic heterocycles. The number of fused-ring (bicyclic) bond motifs is 1. The third kappa shape index (κ3) is 1.99. The van der Waals surface area contributed by atoms with Gasteiger partial charge in [-0.3, -0.25) is 4.79 Å². The molecule has 4 heteroatoms. The van der Waals surface area contributed by atoms with Crippen LogP contribution in [-0.2, 0) is 0 Å². The van der Waals surface area contributed by atoms with Gasteiger partial charge in [-0.1, -0.05) is 18.2 Å². The van der Waals surface area contributed by atoms with Crippen molar-refractivity contribution in [1.82, 2.24) is 10.2 Å². The third-order valence-corrected chi connectivity index (χ3v) is 3.29. The number of benzene rings is 1. The van der Waals surface area contributed by atoms with Crippen LogP contribution in [0, 0.1) is 0 Å². The van der Waals surface area contributed by atoms with E-state index in [1.54, 1.807) is 0 Å². The summed E-state index contributed by atoms with van der Waals surface area (Å²) in [6.45, 7) is 4.39. The first-order valence-electron chi connectivity index (χ1n) is 6.25. The van der Waals surface area contributed by atoms with E-state index in [0.717, 1.165) is 30.6 Å². The molecule has 0 aliphatic carbocycles. The molecule has 2 aromatic rings. The fraction of sp³-hybridized carbons (Fsp3) is 0.357. The summed E-state index contributed by atoms with van der Waals surface area (Å²) in [6.07, 6.45) is 0. The van der Waals surface area contributed by atoms with Gasteiger partial charge in [0.05, 0.1) is 0 Å². The molecule has 2 heterocycles. The summed E-state index contributed by atoms with van der Waals surface area (Å²) in [5.41, 5.74) is 0.768. The number of piperazine rings is 1. The minimum Gasteiger partial charge on any atom is -0.451 e. The molecule has 1 N–H and O–H groups in total. The molecule has 3 rings (SSSR count). The predicted octanol–water partition coefficient (Wildman–Crippen LogP) is 1.87. The number of nitrogens with zero attached hydrogens (tertiary/aromatic N) is 1. The molecule has 4 nitrogen and oxygen atoms in total. The first-order chi connectivity index (χ1) is 8.74. The predicted molar refractivity (Wildman–Crippen MR) is 69.6 cm³/mol. The van der Waals surface area contributed by atoms with Crippen LogP contribution in [0.15, 0.2) is 34.7 Å². The van der Waals surface area contributed by atoms with Crippen molar-refractivity contribution in [2.24, 2.45) is 0 Å². The number of furan rings is 1. The average molecular weight is 244 g/mol. The zero-order valence-electron chi connectivity index (χ0n) is 10.3. The molecule has 0 saturated carbocycles. The SMILES string of the molecule is C[C@@H]1CN(C(=O)c2cc3ccccc3o2)CCN1. The van der Waals surface area contributed by atoms with Gasteiger partial charge in [-0.2, -0.15) is 0 Å². The van der Waals surface area contributed by atoms with Gasteiger partial charge in [0.1, 0.15) is 5.58 Å². The summed E-state index contributed by atoms with van der Waals surface area (Å²) in [5.74, 6) is 0.421. The second kappa shape index (κ2) is 4.46. The lowest BCUT2D eigenvalue weighted by molar-refractivity contribution is 0.0679. The average Bonchev–Trinajstić information content (AvgIpc) is 2.81. The number of carbonyl (C=O) groups excluding carboxylic acids is 1. The molecule has 1 atom stereocenters. The van der Waals surface area contributed by atoms with E-state index in [9.17, 15) is 4.79 Å². The third-order valence-electron chi connectivity index (χ3n) is 3.29. The monoisotopic (exact) mass is 244 g/mol. The van der Waals surface area contributed by atoms with Crippen LogP contribution in [0.1, 0.15) is 17.5 Å². The molecule has 1 amide bonds. The first-order valence-corrected chi connectivity index (χ1v) is 6.25. The molecule has 1 fully saturated rings. The fourth-order valence-electron chi connectivity index (χ4n) is 2.36. The topological polar surface area (TPSA) is 45.5 Å². The Morgan fingerprint density at radius 2 is 2.28 bits per heavy atom. The van der Waals surface area contributed by atoms with Crippen molar-refractivity contribution in [3.8, 4) is 0 Å². The van der Waals surface area contributed by atoms with Crippen molar-refractivity contribution in [1.29, 1.82) is 0 Å². The van der Waals surface area contributed by atoms with E-state index in [1.165, 1.54) is 0 Å². The Bertz CT molecular complexity index is 543. The summed E-state index contributed by atoms with van der Waals surface area (Å²) in [6, 6.07) is 9.85. The lowest BCUT2D eigenvalue weighted by Gasteiger charge is -2.31. The summed E-state index contributed by atoms with van der Waals surface area (Å²) < 4.78 is 5.61. The molecule has 0 unspecified atom stereocenters. The van der Waals surface area contributed by atoms with Gasteiger partial charge >= 0.3 is 0 Å². The van der Waals surface area contributed by atoms with Gasteiger partial charge in [0.25, 0.3) is 5.91 Å². The van der Waals surface area contributed by atoms with Crippen molar-refractivity contribution in [3.05, 3.63) is 36.1 Å². The van der Waals surface area contributed by atoms with Crippen LogP contribution >= 0.6 is 0 Å². The molecule has 0 radical (unpaired) electrons. The number of hydrogen-bond acceptors (Lipinski definition) is 3. The Morgan fingerprint density at radius 1 is 1.44 bits per heavy atom. The van der Waals surface area contributed by atoms with Crippen molar-refractivity contribution < 1.29 is 9.21 Å². The molecule has 1 saturated heterocycles. The molecular formula is C14H16N2O2. The van der Waals surface area contributed by atoms with Crippen LogP contribution in [0.3, 0.4) is 0 Å². The van der Waals surface area contributed by atoms with Gasteiger partial charge in [-0.05, 0) is 19.1 Å². The van der Waals surface area contributed by atoms with E-state index in [1.807, 2.05) is 35.2 Å². The van der Waals surface area contributed by atoms with Gasteiger partial charge in [0, 0.05) is 31.1 Å². The van der Waals surface area contributed by atoms with Gasteiger partial charge < -0.3 is 14.6 Å². The Morgan fingerprint density at radius 3 is 3.06 bits per heavy atom. The molecule has 0 bridgehead atoms. The van der Waals surface area contributed by atoms with E-state index in [0.29, 0.717) is 11.8 Å². The second-order valence-electron chi connectivity index (χ2n) is 4.75. The highest BCUT2D eigenvalue weighted by Crippen LogP contribution is 2.20. The maximum Gasteiger partial charge on any atom is 0.289 e. The maximum absolute atomic E-state index is 12.3. The largest absolute Gasteiger partial charge is 0.451 e. The van der Waals surface area contributed by atoms with E-state index in [-0.39, 0.29) is 5.91 Å². The van der Waals surface area contributed by atoms with Crippen molar-refractivity contribution in [2.45, 2.75) is 13.0 Å². The molecule has 0 spiro atoms. The van der Waals surface area contributed by atoms with Crippen molar-refractivity contribution >= 4 is 16.9 Å². The Hall–Kier alpha value is -1.81. The van der Waals surface area contributed by atoms with E-state index < -0.39 is 0 Å². The zero-order chi connectivity index (χ0) is 12.5. The summed E-state index contributed by atoms with van der Waals surface area (Å²) in [4.78, 5) is 14.2. The quantitative estimate of drug-likeness (QED) is 0.833. The van der Waals surface area contributed by atoms with Crippen LogP contribution in [0.5, 0.6) is 0 Å². The number of carbonyl (C=O) groups is 1. The van der Waals surface area contributed by atoms with Crippen molar-refractivity contribution in [2.75, 3.05) is 19.6 Å². The molecule has 18 heavy (non-hydrogen) atoms. The van der Waals surface area contributed by atoms with Crippen LogP contribution in [-0.4, -0.2) is 36.5 Å². The Labute approximate surface area is 106 Å². The number of amides is 1. The fourth-order valence-corrected chi connectivity index (χ4v) is 2.36. The van der Waals surface area contributed by atoms with Crippen molar-refractivity contribution in [3.63, 3.8) is 0 Å². The number of nitrogens with one attached hydrogen (secondary N) is 1. The van der Waals surface area contributed by atoms with E-state index >= 15 is 0 Å². The molecule has 94 valence electrons. The normalized spacial score (nSPS) is 20.3. The molecule has 1 aliphatic rings. The summed E-state index contributed by atoms with van der Waals surface area (Å²) in [5, 5.41) is 4.30. The minimum absolute atomic E-state index is 0.0143. The highest BCUT2D eigenvalue weighted by Gasteiger charge is 2.24. The zero-order valence-corrected chi connectivity index (χ0v) is 10.3. The number of rotatable bonds is 1. The smallest absolute Gasteiger partial charge is 0.289 e. The Kier molecular flexibility index (Phi) is 2.80. The van der Waals surface area contributed by atoms with Crippen LogP contribution in [0.2, 0.25) is 0 Å². The van der Waals surface area contributed by atoms with Gasteiger partial charge in [-0.25, -0.2) is 0 Å². The molecular weight excluding hydrogens is 228 g/mol. The van der Waals surface area contributed by atoms with Gasteiger partial charge in [-0.15, -0.1) is 0 Å². The van der Waals surface area contributed by atoms with Gasteiger partial charge in [0.15, 0.2) is 5.76 Å². The first kappa shape index (κ1) is 11.3. The maximum atomic E-state index is 12.3. The van der Waals surface area contributed by atoms with Crippen LogP contribution < -0.4 is 5.32 Å². The molecule has 1 aromatic heterocycles.